The Morgan fingerprint density at radius 1 is 1.33 bits per heavy atom. The molecule has 4 heteroatoms. The van der Waals surface area contributed by atoms with E-state index in [0.29, 0.717) is 17.3 Å². The Bertz CT molecular complexity index is 401. The zero-order valence-electron chi connectivity index (χ0n) is 10.7. The van der Waals surface area contributed by atoms with Crippen molar-refractivity contribution in [1.29, 1.82) is 0 Å². The number of hydrogen-bond donors (Lipinski definition) is 1. The highest BCUT2D eigenvalue weighted by Crippen LogP contribution is 2.33. The van der Waals surface area contributed by atoms with E-state index < -0.39 is 6.43 Å². The minimum absolute atomic E-state index is 0.0375. The van der Waals surface area contributed by atoms with Gasteiger partial charge in [0, 0.05) is 30.5 Å². The Kier molecular flexibility index (Phi) is 4.04. The third kappa shape index (κ3) is 2.92. The SMILES string of the molecule is CN(CC1CCCC1)c1ccc(N)cc1C(F)F. The van der Waals surface area contributed by atoms with Crippen LogP contribution in [0.3, 0.4) is 0 Å². The molecule has 100 valence electrons. The molecule has 1 aliphatic rings. The second-order valence-electron chi connectivity index (χ2n) is 5.15. The third-order valence-electron chi connectivity index (χ3n) is 3.70. The Morgan fingerprint density at radius 2 is 2.00 bits per heavy atom. The molecule has 0 amide bonds. The Labute approximate surface area is 107 Å². The molecule has 1 aromatic rings. The lowest BCUT2D eigenvalue weighted by atomic mass is 10.1. The molecular weight excluding hydrogens is 234 g/mol. The van der Waals surface area contributed by atoms with Crippen molar-refractivity contribution in [3.8, 4) is 0 Å². The highest BCUT2D eigenvalue weighted by molar-refractivity contribution is 5.59. The lowest BCUT2D eigenvalue weighted by Crippen LogP contribution is -2.25. The van der Waals surface area contributed by atoms with E-state index in [1.165, 1.54) is 31.7 Å². The molecule has 2 N–H and O–H groups in total. The summed E-state index contributed by atoms with van der Waals surface area (Å²) in [5.41, 5.74) is 6.61. The summed E-state index contributed by atoms with van der Waals surface area (Å²) in [5.74, 6) is 0.637. The highest BCUT2D eigenvalue weighted by Gasteiger charge is 2.20. The van der Waals surface area contributed by atoms with Crippen LogP contribution in [-0.4, -0.2) is 13.6 Å². The molecule has 18 heavy (non-hydrogen) atoms. The maximum Gasteiger partial charge on any atom is 0.265 e. The highest BCUT2D eigenvalue weighted by atomic mass is 19.3. The smallest absolute Gasteiger partial charge is 0.265 e. The van der Waals surface area contributed by atoms with Crippen LogP contribution in [0.15, 0.2) is 18.2 Å². The van der Waals surface area contributed by atoms with E-state index in [1.807, 2.05) is 11.9 Å². The van der Waals surface area contributed by atoms with Gasteiger partial charge >= 0.3 is 0 Å². The van der Waals surface area contributed by atoms with Crippen molar-refractivity contribution < 1.29 is 8.78 Å². The van der Waals surface area contributed by atoms with Crippen LogP contribution in [0.4, 0.5) is 20.2 Å². The van der Waals surface area contributed by atoms with Crippen molar-refractivity contribution >= 4 is 11.4 Å². The summed E-state index contributed by atoms with van der Waals surface area (Å²) in [4.78, 5) is 1.94. The van der Waals surface area contributed by atoms with Crippen LogP contribution in [0.1, 0.15) is 37.7 Å². The van der Waals surface area contributed by atoms with Crippen molar-refractivity contribution in [1.82, 2.24) is 0 Å². The van der Waals surface area contributed by atoms with Crippen molar-refractivity contribution in [3.05, 3.63) is 23.8 Å². The van der Waals surface area contributed by atoms with Crippen LogP contribution in [0.25, 0.3) is 0 Å². The quantitative estimate of drug-likeness (QED) is 0.827. The number of hydrogen-bond acceptors (Lipinski definition) is 2. The van der Waals surface area contributed by atoms with Gasteiger partial charge in [0.25, 0.3) is 6.43 Å². The van der Waals surface area contributed by atoms with Crippen LogP contribution in [0, 0.1) is 5.92 Å². The Balaban J connectivity index is 2.15. The molecule has 2 nitrogen and oxygen atoms in total. The molecule has 1 aromatic carbocycles. The van der Waals surface area contributed by atoms with Gasteiger partial charge in [-0.1, -0.05) is 12.8 Å². The van der Waals surface area contributed by atoms with Crippen molar-refractivity contribution in [2.24, 2.45) is 5.92 Å². The molecule has 0 radical (unpaired) electrons. The van der Waals surface area contributed by atoms with E-state index in [9.17, 15) is 8.78 Å². The van der Waals surface area contributed by atoms with E-state index in [2.05, 4.69) is 0 Å². The number of benzene rings is 1. The zero-order chi connectivity index (χ0) is 13.1. The summed E-state index contributed by atoms with van der Waals surface area (Å²) >= 11 is 0. The summed E-state index contributed by atoms with van der Waals surface area (Å²) in [6, 6.07) is 4.77. The molecule has 0 saturated heterocycles. The molecule has 1 saturated carbocycles. The van der Waals surface area contributed by atoms with Crippen molar-refractivity contribution in [2.75, 3.05) is 24.2 Å². The first-order chi connectivity index (χ1) is 8.58. The van der Waals surface area contributed by atoms with Gasteiger partial charge in [0.15, 0.2) is 0 Å². The van der Waals surface area contributed by atoms with E-state index in [-0.39, 0.29) is 5.56 Å². The van der Waals surface area contributed by atoms with Gasteiger partial charge in [-0.2, -0.15) is 0 Å². The summed E-state index contributed by atoms with van der Waals surface area (Å²) in [6.07, 6.45) is 2.48. The first-order valence-corrected chi connectivity index (χ1v) is 6.46. The van der Waals surface area contributed by atoms with Crippen LogP contribution >= 0.6 is 0 Å². The number of nitrogens with two attached hydrogens (primary N) is 1. The van der Waals surface area contributed by atoms with Gasteiger partial charge in [-0.05, 0) is 37.0 Å². The van der Waals surface area contributed by atoms with Crippen LogP contribution in [0.2, 0.25) is 0 Å². The second-order valence-corrected chi connectivity index (χ2v) is 5.15. The molecule has 2 rings (SSSR count). The first-order valence-electron chi connectivity index (χ1n) is 6.46. The maximum absolute atomic E-state index is 13.0. The van der Waals surface area contributed by atoms with E-state index >= 15 is 0 Å². The Hall–Kier alpha value is -1.32. The molecule has 1 aliphatic carbocycles. The minimum atomic E-state index is -2.48. The van der Waals surface area contributed by atoms with E-state index in [4.69, 9.17) is 5.73 Å². The molecule has 0 unspecified atom stereocenters. The average Bonchev–Trinajstić information content (AvgIpc) is 2.81. The van der Waals surface area contributed by atoms with Gasteiger partial charge in [-0.25, -0.2) is 8.78 Å². The summed E-state index contributed by atoms with van der Waals surface area (Å²) in [7, 11) is 1.88. The molecule has 0 atom stereocenters. The molecule has 0 spiro atoms. The average molecular weight is 254 g/mol. The van der Waals surface area contributed by atoms with Gasteiger partial charge in [0.2, 0.25) is 0 Å². The van der Waals surface area contributed by atoms with Gasteiger partial charge in [-0.3, -0.25) is 0 Å². The number of nitrogen functional groups attached to an aromatic ring is 1. The molecule has 0 aromatic heterocycles. The summed E-state index contributed by atoms with van der Waals surface area (Å²) in [6.45, 7) is 0.851. The lowest BCUT2D eigenvalue weighted by Gasteiger charge is -2.25. The first kappa shape index (κ1) is 13.1. The van der Waals surface area contributed by atoms with E-state index in [0.717, 1.165) is 6.54 Å². The lowest BCUT2D eigenvalue weighted by molar-refractivity contribution is 0.152. The largest absolute Gasteiger partial charge is 0.399 e. The van der Waals surface area contributed by atoms with Gasteiger partial charge in [-0.15, -0.1) is 0 Å². The fourth-order valence-electron chi connectivity index (χ4n) is 2.77. The van der Waals surface area contributed by atoms with Crippen molar-refractivity contribution in [3.63, 3.8) is 0 Å². The summed E-state index contributed by atoms with van der Waals surface area (Å²) < 4.78 is 26.0. The number of halogens is 2. The van der Waals surface area contributed by atoms with Crippen molar-refractivity contribution in [2.45, 2.75) is 32.1 Å². The van der Waals surface area contributed by atoms with Crippen LogP contribution < -0.4 is 10.6 Å². The molecular formula is C14H20F2N2. The number of alkyl halides is 2. The van der Waals surface area contributed by atoms with Gasteiger partial charge in [0.1, 0.15) is 0 Å². The van der Waals surface area contributed by atoms with E-state index in [1.54, 1.807) is 12.1 Å². The fraction of sp³-hybridized carbons (Fsp3) is 0.571. The topological polar surface area (TPSA) is 29.3 Å². The number of rotatable bonds is 4. The monoisotopic (exact) mass is 254 g/mol. The maximum atomic E-state index is 13.0. The fourth-order valence-corrected chi connectivity index (χ4v) is 2.77. The number of anilines is 2. The minimum Gasteiger partial charge on any atom is -0.399 e. The summed E-state index contributed by atoms with van der Waals surface area (Å²) in [5, 5.41) is 0. The Morgan fingerprint density at radius 3 is 2.61 bits per heavy atom. The van der Waals surface area contributed by atoms with Crippen LogP contribution in [-0.2, 0) is 0 Å². The standard InChI is InChI=1S/C14H20F2N2/c1-18(9-10-4-2-3-5-10)13-7-6-11(17)8-12(13)14(15)16/h6-8,10,14H,2-5,9,17H2,1H3. The predicted molar refractivity (Wildman–Crippen MR) is 71.0 cm³/mol. The molecule has 0 aliphatic heterocycles. The molecule has 0 heterocycles. The molecule has 1 fully saturated rings. The zero-order valence-corrected chi connectivity index (χ0v) is 10.7. The van der Waals surface area contributed by atoms with Crippen LogP contribution in [0.5, 0.6) is 0 Å². The predicted octanol–water partition coefficient (Wildman–Crippen LogP) is 3.83. The van der Waals surface area contributed by atoms with Gasteiger partial charge < -0.3 is 10.6 Å². The van der Waals surface area contributed by atoms with Gasteiger partial charge in [0.05, 0.1) is 0 Å². The number of nitrogens with zero attached hydrogens (tertiary/aromatic N) is 1. The second kappa shape index (κ2) is 5.55. The third-order valence-corrected chi connectivity index (χ3v) is 3.70. The normalized spacial score (nSPS) is 16.4. The molecule has 0 bridgehead atoms.